The zero-order valence-corrected chi connectivity index (χ0v) is 8.87. The average Bonchev–Trinajstić information content (AvgIpc) is 2.10. The first kappa shape index (κ1) is 10.7. The van der Waals surface area contributed by atoms with Gasteiger partial charge in [0.15, 0.2) is 11.5 Å². The lowest BCUT2D eigenvalue weighted by Gasteiger charge is -2.12. The third-order valence-corrected chi connectivity index (χ3v) is 1.71. The summed E-state index contributed by atoms with van der Waals surface area (Å²) in [6.45, 7) is 6.57. The molecule has 0 radical (unpaired) electrons. The molecule has 0 unspecified atom stereocenters. The van der Waals surface area contributed by atoms with Crippen LogP contribution in [-0.2, 0) is 0 Å². The van der Waals surface area contributed by atoms with Gasteiger partial charge in [-0.05, 0) is 32.9 Å². The minimum atomic E-state index is 0.182. The average molecular weight is 195 g/mol. The Hall–Kier alpha value is -1.38. The molecule has 0 aliphatic rings. The summed E-state index contributed by atoms with van der Waals surface area (Å²) in [7, 11) is 0. The summed E-state index contributed by atoms with van der Waals surface area (Å²) in [5, 5.41) is 12.7. The maximum absolute atomic E-state index is 9.45. The van der Waals surface area contributed by atoms with Crippen LogP contribution >= 0.6 is 0 Å². The van der Waals surface area contributed by atoms with Gasteiger partial charge in [-0.15, -0.1) is 0 Å². The molecule has 0 bridgehead atoms. The molecule has 0 fully saturated rings. The van der Waals surface area contributed by atoms with Crippen molar-refractivity contribution in [2.45, 2.75) is 26.8 Å². The van der Waals surface area contributed by atoms with Crippen molar-refractivity contribution in [1.82, 2.24) is 0 Å². The Labute approximate surface area is 84.7 Å². The molecule has 3 nitrogen and oxygen atoms in total. The molecule has 0 spiro atoms. The highest BCUT2D eigenvalue weighted by atomic mass is 16.5. The summed E-state index contributed by atoms with van der Waals surface area (Å²) in [5.74, 6) is 0.708. The van der Waals surface area contributed by atoms with Crippen molar-refractivity contribution in [1.29, 1.82) is 0 Å². The molecule has 0 aliphatic carbocycles. The molecule has 1 aromatic carbocycles. The lowest BCUT2D eigenvalue weighted by atomic mass is 10.2. The van der Waals surface area contributed by atoms with Gasteiger partial charge in [-0.2, -0.15) is 0 Å². The molecule has 1 rings (SSSR count). The summed E-state index contributed by atoms with van der Waals surface area (Å²) in [6, 6.07) is 5.64. The van der Waals surface area contributed by atoms with E-state index in [9.17, 15) is 5.11 Å². The number of aromatic hydroxyl groups is 1. The maximum Gasteiger partial charge on any atom is 0.162 e. The number of ether oxygens (including phenoxy) is 1. The molecule has 0 amide bonds. The van der Waals surface area contributed by atoms with Crippen LogP contribution in [0.5, 0.6) is 11.5 Å². The van der Waals surface area contributed by atoms with Crippen molar-refractivity contribution in [2.24, 2.45) is 0 Å². The molecule has 3 heteroatoms. The summed E-state index contributed by atoms with van der Waals surface area (Å²) >= 11 is 0. The Morgan fingerprint density at radius 3 is 2.71 bits per heavy atom. The van der Waals surface area contributed by atoms with Gasteiger partial charge in [-0.3, -0.25) is 0 Å². The van der Waals surface area contributed by atoms with E-state index in [1.807, 2.05) is 13.0 Å². The van der Waals surface area contributed by atoms with Crippen LogP contribution in [0.15, 0.2) is 18.2 Å². The molecule has 0 aliphatic heterocycles. The highest BCUT2D eigenvalue weighted by Gasteiger charge is 2.03. The molecule has 0 atom stereocenters. The smallest absolute Gasteiger partial charge is 0.162 e. The molecule has 78 valence electrons. The van der Waals surface area contributed by atoms with Crippen LogP contribution in [-0.4, -0.2) is 17.8 Å². The molecule has 0 saturated heterocycles. The number of phenols is 1. The SMILES string of the molecule is CCOc1cc(NC(C)C)ccc1O. The van der Waals surface area contributed by atoms with Crippen molar-refractivity contribution >= 4 is 5.69 Å². The molecule has 0 aromatic heterocycles. The standard InChI is InChI=1S/C11H17NO2/c1-4-14-11-7-9(12-8(2)3)5-6-10(11)13/h5-8,12-13H,4H2,1-3H3. The number of nitrogens with one attached hydrogen (secondary N) is 1. The van der Waals surface area contributed by atoms with E-state index in [0.717, 1.165) is 5.69 Å². The highest BCUT2D eigenvalue weighted by molar-refractivity contribution is 5.54. The molecule has 0 heterocycles. The number of rotatable bonds is 4. The summed E-state index contributed by atoms with van der Waals surface area (Å²) in [6.07, 6.45) is 0. The van der Waals surface area contributed by atoms with Crippen LogP contribution in [0.4, 0.5) is 5.69 Å². The lowest BCUT2D eigenvalue weighted by Crippen LogP contribution is -2.09. The predicted molar refractivity (Wildman–Crippen MR) is 58.0 cm³/mol. The quantitative estimate of drug-likeness (QED) is 0.726. The topological polar surface area (TPSA) is 41.5 Å². The largest absolute Gasteiger partial charge is 0.504 e. The predicted octanol–water partition coefficient (Wildman–Crippen LogP) is 2.61. The van der Waals surface area contributed by atoms with Crippen LogP contribution in [0.1, 0.15) is 20.8 Å². The van der Waals surface area contributed by atoms with Crippen LogP contribution in [0.25, 0.3) is 0 Å². The molecule has 2 N–H and O–H groups in total. The van der Waals surface area contributed by atoms with Crippen molar-refractivity contribution in [3.63, 3.8) is 0 Å². The Morgan fingerprint density at radius 1 is 1.43 bits per heavy atom. The number of hydrogen-bond donors (Lipinski definition) is 2. The van der Waals surface area contributed by atoms with Crippen LogP contribution in [0, 0.1) is 0 Å². The van der Waals surface area contributed by atoms with Gasteiger partial charge in [0.25, 0.3) is 0 Å². The van der Waals surface area contributed by atoms with Crippen LogP contribution in [0.3, 0.4) is 0 Å². The number of benzene rings is 1. The van der Waals surface area contributed by atoms with Crippen LogP contribution in [0.2, 0.25) is 0 Å². The van der Waals surface area contributed by atoms with E-state index in [1.54, 1.807) is 12.1 Å². The van der Waals surface area contributed by atoms with Gasteiger partial charge >= 0.3 is 0 Å². The fraction of sp³-hybridized carbons (Fsp3) is 0.455. The first-order chi connectivity index (χ1) is 6.63. The minimum Gasteiger partial charge on any atom is -0.504 e. The van der Waals surface area contributed by atoms with Gasteiger partial charge < -0.3 is 15.2 Å². The van der Waals surface area contributed by atoms with Crippen molar-refractivity contribution in [3.05, 3.63) is 18.2 Å². The number of phenolic OH excluding ortho intramolecular Hbond substituents is 1. The van der Waals surface area contributed by atoms with Gasteiger partial charge in [-0.1, -0.05) is 0 Å². The summed E-state index contributed by atoms with van der Waals surface area (Å²) in [5.41, 5.74) is 0.959. The second-order valence-electron chi connectivity index (χ2n) is 3.41. The van der Waals surface area contributed by atoms with Gasteiger partial charge in [0.1, 0.15) is 0 Å². The van der Waals surface area contributed by atoms with Gasteiger partial charge in [0.2, 0.25) is 0 Å². The van der Waals surface area contributed by atoms with Gasteiger partial charge in [0.05, 0.1) is 6.61 Å². The highest BCUT2D eigenvalue weighted by Crippen LogP contribution is 2.29. The van der Waals surface area contributed by atoms with Gasteiger partial charge in [0, 0.05) is 17.8 Å². The molecular formula is C11H17NO2. The first-order valence-electron chi connectivity index (χ1n) is 4.85. The van der Waals surface area contributed by atoms with Gasteiger partial charge in [-0.25, -0.2) is 0 Å². The van der Waals surface area contributed by atoms with Crippen molar-refractivity contribution in [3.8, 4) is 11.5 Å². The Morgan fingerprint density at radius 2 is 2.14 bits per heavy atom. The molecule has 14 heavy (non-hydrogen) atoms. The number of anilines is 1. The maximum atomic E-state index is 9.45. The number of hydrogen-bond acceptors (Lipinski definition) is 3. The fourth-order valence-corrected chi connectivity index (χ4v) is 1.21. The summed E-state index contributed by atoms with van der Waals surface area (Å²) < 4.78 is 5.27. The minimum absolute atomic E-state index is 0.182. The lowest BCUT2D eigenvalue weighted by molar-refractivity contribution is 0.318. The van der Waals surface area contributed by atoms with Crippen LogP contribution < -0.4 is 10.1 Å². The monoisotopic (exact) mass is 195 g/mol. The third-order valence-electron chi connectivity index (χ3n) is 1.71. The fourth-order valence-electron chi connectivity index (χ4n) is 1.21. The van der Waals surface area contributed by atoms with E-state index >= 15 is 0 Å². The Kier molecular flexibility index (Phi) is 3.63. The summed E-state index contributed by atoms with van der Waals surface area (Å²) in [4.78, 5) is 0. The normalized spacial score (nSPS) is 10.3. The van der Waals surface area contributed by atoms with E-state index in [2.05, 4.69) is 19.2 Å². The van der Waals surface area contributed by atoms with E-state index in [1.165, 1.54) is 0 Å². The molecule has 1 aromatic rings. The van der Waals surface area contributed by atoms with E-state index in [0.29, 0.717) is 18.4 Å². The second kappa shape index (κ2) is 4.74. The zero-order chi connectivity index (χ0) is 10.6. The van der Waals surface area contributed by atoms with E-state index in [4.69, 9.17) is 4.74 Å². The molecule has 0 saturated carbocycles. The first-order valence-corrected chi connectivity index (χ1v) is 4.85. The Bertz CT molecular complexity index is 297. The van der Waals surface area contributed by atoms with E-state index < -0.39 is 0 Å². The zero-order valence-electron chi connectivity index (χ0n) is 8.87. The van der Waals surface area contributed by atoms with E-state index in [-0.39, 0.29) is 5.75 Å². The third kappa shape index (κ3) is 2.83. The second-order valence-corrected chi connectivity index (χ2v) is 3.41. The molecular weight excluding hydrogens is 178 g/mol. The Balaban J connectivity index is 2.83. The van der Waals surface area contributed by atoms with Crippen molar-refractivity contribution < 1.29 is 9.84 Å². The van der Waals surface area contributed by atoms with Crippen molar-refractivity contribution in [2.75, 3.05) is 11.9 Å².